The Morgan fingerprint density at radius 2 is 2.09 bits per heavy atom. The van der Waals surface area contributed by atoms with Crippen LogP contribution in [0.2, 0.25) is 0 Å². The molecule has 0 unspecified atom stereocenters. The Kier molecular flexibility index (Phi) is 4.14. The lowest BCUT2D eigenvalue weighted by molar-refractivity contribution is 1.10. The third kappa shape index (κ3) is 3.47. The van der Waals surface area contributed by atoms with Gasteiger partial charge in [0, 0.05) is 5.75 Å². The second kappa shape index (κ2) is 5.25. The van der Waals surface area contributed by atoms with Crippen molar-refractivity contribution in [2.45, 2.75) is 19.1 Å². The van der Waals surface area contributed by atoms with Crippen molar-refractivity contribution in [3.8, 4) is 0 Å². The molecule has 0 aromatic heterocycles. The highest BCUT2D eigenvalue weighted by Crippen LogP contribution is 2.11. The average Bonchev–Trinajstić information content (AvgIpc) is 2.07. The van der Waals surface area contributed by atoms with Crippen LogP contribution < -0.4 is 0 Å². The molecular formula is C10H13S. The lowest BCUT2D eigenvalue weighted by Gasteiger charge is -1.98. The summed E-state index contributed by atoms with van der Waals surface area (Å²) in [5.74, 6) is 2.40. The number of hydrogen-bond donors (Lipinski definition) is 0. The maximum atomic E-state index is 3.01. The monoisotopic (exact) mass is 165 g/mol. The van der Waals surface area contributed by atoms with Crippen molar-refractivity contribution >= 4 is 11.8 Å². The molecule has 1 radical (unpaired) electrons. The van der Waals surface area contributed by atoms with Crippen LogP contribution in [-0.4, -0.2) is 5.75 Å². The molecule has 0 amide bonds. The molecule has 0 fully saturated rings. The summed E-state index contributed by atoms with van der Waals surface area (Å²) in [6, 6.07) is 11.2. The Bertz CT molecular complexity index is 181. The van der Waals surface area contributed by atoms with E-state index in [1.165, 1.54) is 17.7 Å². The topological polar surface area (TPSA) is 0 Å². The van der Waals surface area contributed by atoms with Gasteiger partial charge in [-0.25, -0.2) is 0 Å². The normalized spacial score (nSPS) is 9.91. The van der Waals surface area contributed by atoms with E-state index >= 15 is 0 Å². The van der Waals surface area contributed by atoms with Gasteiger partial charge in [0.2, 0.25) is 0 Å². The number of benzene rings is 1. The lowest BCUT2D eigenvalue weighted by Crippen LogP contribution is -1.80. The average molecular weight is 165 g/mol. The minimum atomic E-state index is 1.14. The summed E-state index contributed by atoms with van der Waals surface area (Å²) in [5, 5.41) is 0. The van der Waals surface area contributed by atoms with E-state index in [-0.39, 0.29) is 0 Å². The van der Waals surface area contributed by atoms with E-state index in [9.17, 15) is 0 Å². The molecular weight excluding hydrogens is 152 g/mol. The zero-order valence-corrected chi connectivity index (χ0v) is 7.66. The maximum Gasteiger partial charge on any atom is 0.0184 e. The summed E-state index contributed by atoms with van der Waals surface area (Å²) in [7, 11) is 0. The van der Waals surface area contributed by atoms with E-state index in [2.05, 4.69) is 25.1 Å². The van der Waals surface area contributed by atoms with Gasteiger partial charge in [0.1, 0.15) is 0 Å². The zero-order valence-electron chi connectivity index (χ0n) is 6.84. The summed E-state index contributed by atoms with van der Waals surface area (Å²) in [4.78, 5) is 0. The molecule has 0 N–H and O–H groups in total. The first-order valence-corrected chi connectivity index (χ1v) is 5.11. The molecule has 0 spiro atoms. The van der Waals surface area contributed by atoms with Gasteiger partial charge < -0.3 is 0 Å². The van der Waals surface area contributed by atoms with Crippen molar-refractivity contribution in [3.63, 3.8) is 0 Å². The quantitative estimate of drug-likeness (QED) is 0.618. The number of thioether (sulfide) groups is 1. The van der Waals surface area contributed by atoms with Gasteiger partial charge in [-0.2, -0.15) is 11.8 Å². The largest absolute Gasteiger partial charge is 0.157 e. The highest BCUT2D eigenvalue weighted by atomic mass is 32.2. The Balaban J connectivity index is 2.28. The molecule has 1 heteroatoms. The van der Waals surface area contributed by atoms with Crippen LogP contribution >= 0.6 is 11.8 Å². The highest BCUT2D eigenvalue weighted by Gasteiger charge is 1.89. The molecule has 0 aliphatic carbocycles. The molecule has 59 valence electrons. The van der Waals surface area contributed by atoms with Crippen LogP contribution in [0, 0.1) is 6.07 Å². The first-order chi connectivity index (χ1) is 5.43. The van der Waals surface area contributed by atoms with Gasteiger partial charge in [-0.05, 0) is 23.8 Å². The fraction of sp³-hybridized carbons (Fsp3) is 0.400. The van der Waals surface area contributed by atoms with Gasteiger partial charge in [0.15, 0.2) is 0 Å². The Morgan fingerprint density at radius 3 is 2.73 bits per heavy atom. The van der Waals surface area contributed by atoms with Crippen molar-refractivity contribution < 1.29 is 0 Å². The van der Waals surface area contributed by atoms with Gasteiger partial charge in [-0.1, -0.05) is 31.2 Å². The van der Waals surface area contributed by atoms with Gasteiger partial charge in [-0.15, -0.1) is 0 Å². The lowest BCUT2D eigenvalue weighted by atomic mass is 10.2. The molecule has 0 heterocycles. The third-order valence-corrected chi connectivity index (χ3v) is 2.64. The predicted molar refractivity (Wildman–Crippen MR) is 51.7 cm³/mol. The van der Waals surface area contributed by atoms with Crippen LogP contribution in [0.15, 0.2) is 24.3 Å². The highest BCUT2D eigenvalue weighted by molar-refractivity contribution is 7.98. The van der Waals surface area contributed by atoms with E-state index < -0.39 is 0 Å². The van der Waals surface area contributed by atoms with E-state index in [0.29, 0.717) is 0 Å². The molecule has 0 saturated heterocycles. The molecule has 1 rings (SSSR count). The molecule has 0 saturated carbocycles. The fourth-order valence-corrected chi connectivity index (χ4v) is 1.71. The van der Waals surface area contributed by atoms with Crippen LogP contribution in [0.25, 0.3) is 0 Å². The zero-order chi connectivity index (χ0) is 7.94. The molecule has 1 aromatic carbocycles. The smallest absolute Gasteiger partial charge is 0.0184 e. The Labute approximate surface area is 73.0 Å². The van der Waals surface area contributed by atoms with Crippen molar-refractivity contribution in [2.24, 2.45) is 0 Å². The molecule has 0 nitrogen and oxygen atoms in total. The van der Waals surface area contributed by atoms with Crippen molar-refractivity contribution in [2.75, 3.05) is 5.75 Å². The third-order valence-electron chi connectivity index (χ3n) is 1.40. The SMILES string of the molecule is CCCSCc1cc[c]cc1. The minimum absolute atomic E-state index is 1.14. The fourth-order valence-electron chi connectivity index (χ4n) is 0.852. The summed E-state index contributed by atoms with van der Waals surface area (Å²) in [5.41, 5.74) is 1.40. The number of rotatable bonds is 4. The van der Waals surface area contributed by atoms with Gasteiger partial charge >= 0.3 is 0 Å². The van der Waals surface area contributed by atoms with Crippen LogP contribution in [0.5, 0.6) is 0 Å². The molecule has 0 atom stereocenters. The van der Waals surface area contributed by atoms with Crippen LogP contribution in [-0.2, 0) is 5.75 Å². The first kappa shape index (κ1) is 8.66. The standard InChI is InChI=1S/C10H13S/c1-2-8-11-9-10-6-4-3-5-7-10/h4-7H,2,8-9H2,1H3. The van der Waals surface area contributed by atoms with Gasteiger partial charge in [-0.3, -0.25) is 0 Å². The Hall–Kier alpha value is -0.430. The predicted octanol–water partition coefficient (Wildman–Crippen LogP) is 3.13. The van der Waals surface area contributed by atoms with Crippen molar-refractivity contribution in [3.05, 3.63) is 35.9 Å². The van der Waals surface area contributed by atoms with Crippen LogP contribution in [0.1, 0.15) is 18.9 Å². The van der Waals surface area contributed by atoms with E-state index in [4.69, 9.17) is 0 Å². The summed E-state index contributed by atoms with van der Waals surface area (Å²) < 4.78 is 0. The first-order valence-electron chi connectivity index (χ1n) is 3.96. The second-order valence-electron chi connectivity index (χ2n) is 2.46. The van der Waals surface area contributed by atoms with Crippen molar-refractivity contribution in [1.29, 1.82) is 0 Å². The van der Waals surface area contributed by atoms with Crippen LogP contribution in [0.4, 0.5) is 0 Å². The van der Waals surface area contributed by atoms with E-state index in [1.54, 1.807) is 0 Å². The van der Waals surface area contributed by atoms with Gasteiger partial charge in [0.25, 0.3) is 0 Å². The molecule has 0 aliphatic rings. The van der Waals surface area contributed by atoms with Gasteiger partial charge in [0.05, 0.1) is 0 Å². The number of hydrogen-bond acceptors (Lipinski definition) is 1. The molecule has 0 aliphatic heterocycles. The van der Waals surface area contributed by atoms with Crippen LogP contribution in [0.3, 0.4) is 0 Å². The van der Waals surface area contributed by atoms with E-state index in [0.717, 1.165) is 5.75 Å². The summed E-state index contributed by atoms with van der Waals surface area (Å²) in [6.07, 6.45) is 1.27. The maximum absolute atomic E-state index is 3.01. The Morgan fingerprint density at radius 1 is 1.36 bits per heavy atom. The molecule has 1 aromatic rings. The summed E-state index contributed by atoms with van der Waals surface area (Å²) >= 11 is 1.99. The minimum Gasteiger partial charge on any atom is -0.157 e. The second-order valence-corrected chi connectivity index (χ2v) is 3.57. The van der Waals surface area contributed by atoms with E-state index in [1.807, 2.05) is 23.9 Å². The summed E-state index contributed by atoms with van der Waals surface area (Å²) in [6.45, 7) is 2.21. The molecule has 0 bridgehead atoms. The van der Waals surface area contributed by atoms with Crippen molar-refractivity contribution in [1.82, 2.24) is 0 Å². The molecule has 11 heavy (non-hydrogen) atoms.